The van der Waals surface area contributed by atoms with Crippen molar-refractivity contribution in [2.45, 2.75) is 38.3 Å². The van der Waals surface area contributed by atoms with Gasteiger partial charge in [0.2, 0.25) is 11.8 Å². The lowest BCUT2D eigenvalue weighted by Gasteiger charge is -2.14. The van der Waals surface area contributed by atoms with Crippen LogP contribution in [0.3, 0.4) is 0 Å². The Bertz CT molecular complexity index is 964. The van der Waals surface area contributed by atoms with E-state index in [0.717, 1.165) is 18.4 Å². The molecule has 1 saturated carbocycles. The van der Waals surface area contributed by atoms with Gasteiger partial charge in [-0.25, -0.2) is 0 Å². The van der Waals surface area contributed by atoms with Gasteiger partial charge in [0.25, 0.3) is 11.8 Å². The molecule has 0 atom stereocenters. The minimum atomic E-state index is -0.337. The molecule has 2 fully saturated rings. The molecule has 4 amide bonds. The molecule has 148 valence electrons. The van der Waals surface area contributed by atoms with E-state index in [2.05, 4.69) is 10.6 Å². The highest BCUT2D eigenvalue weighted by Crippen LogP contribution is 2.22. The molecule has 1 aliphatic carbocycles. The van der Waals surface area contributed by atoms with Crippen LogP contribution in [-0.2, 0) is 16.1 Å². The molecule has 0 unspecified atom stereocenters. The van der Waals surface area contributed by atoms with Gasteiger partial charge in [-0.15, -0.1) is 0 Å². The summed E-state index contributed by atoms with van der Waals surface area (Å²) < 4.78 is 0. The van der Waals surface area contributed by atoms with Crippen LogP contribution in [0.1, 0.15) is 52.0 Å². The average Bonchev–Trinajstić information content (AvgIpc) is 3.49. The summed E-state index contributed by atoms with van der Waals surface area (Å²) >= 11 is 0. The summed E-state index contributed by atoms with van der Waals surface area (Å²) in [6.45, 7) is 0.212. The number of benzene rings is 2. The number of para-hydroxylation sites is 1. The molecule has 1 saturated heterocycles. The maximum absolute atomic E-state index is 12.6. The standard InChI is InChI=1S/C22H21N3O4/c26-19-11-12-20(27)25(19)13-14-5-7-15(8-6-14)21(28)24-18-4-2-1-3-17(18)22(29)23-16-9-10-16/h1-8,16H,9-13H2,(H,23,29)(H,24,28). The molecule has 1 heterocycles. The molecular weight excluding hydrogens is 370 g/mol. The first-order valence-electron chi connectivity index (χ1n) is 9.64. The van der Waals surface area contributed by atoms with E-state index >= 15 is 0 Å². The van der Waals surface area contributed by atoms with Crippen molar-refractivity contribution in [3.8, 4) is 0 Å². The normalized spacial score (nSPS) is 16.1. The lowest BCUT2D eigenvalue weighted by atomic mass is 10.1. The predicted molar refractivity (Wildman–Crippen MR) is 106 cm³/mol. The molecule has 29 heavy (non-hydrogen) atoms. The van der Waals surface area contributed by atoms with Crippen LogP contribution in [0.2, 0.25) is 0 Å². The summed E-state index contributed by atoms with van der Waals surface area (Å²) in [5, 5.41) is 5.71. The summed E-state index contributed by atoms with van der Waals surface area (Å²) in [5.41, 5.74) is 2.07. The SMILES string of the molecule is O=C(Nc1ccccc1C(=O)NC1CC1)c1ccc(CN2C(=O)CCC2=O)cc1. The number of hydrogen-bond acceptors (Lipinski definition) is 4. The molecule has 0 bridgehead atoms. The predicted octanol–water partition coefficient (Wildman–Crippen LogP) is 2.48. The van der Waals surface area contributed by atoms with Crippen LogP contribution in [0.4, 0.5) is 5.69 Å². The molecule has 0 aromatic heterocycles. The number of hydrogen-bond donors (Lipinski definition) is 2. The summed E-state index contributed by atoms with van der Waals surface area (Å²) in [4.78, 5) is 49.7. The molecular formula is C22H21N3O4. The van der Waals surface area contributed by atoms with Crippen LogP contribution in [0.25, 0.3) is 0 Å². The van der Waals surface area contributed by atoms with Gasteiger partial charge >= 0.3 is 0 Å². The van der Waals surface area contributed by atoms with E-state index in [1.807, 2.05) is 0 Å². The smallest absolute Gasteiger partial charge is 0.255 e. The lowest BCUT2D eigenvalue weighted by Crippen LogP contribution is -2.28. The van der Waals surface area contributed by atoms with Gasteiger partial charge in [-0.05, 0) is 42.7 Å². The average molecular weight is 391 g/mol. The van der Waals surface area contributed by atoms with E-state index < -0.39 is 0 Å². The Morgan fingerprint density at radius 3 is 2.21 bits per heavy atom. The number of imide groups is 1. The number of nitrogens with one attached hydrogen (secondary N) is 2. The number of carbonyl (C=O) groups excluding carboxylic acids is 4. The highest BCUT2D eigenvalue weighted by Gasteiger charge is 2.28. The Kier molecular flexibility index (Phi) is 5.12. The number of amides is 4. The van der Waals surface area contributed by atoms with Crippen molar-refractivity contribution in [3.63, 3.8) is 0 Å². The fourth-order valence-corrected chi connectivity index (χ4v) is 3.22. The summed E-state index contributed by atoms with van der Waals surface area (Å²) in [6.07, 6.45) is 2.49. The topological polar surface area (TPSA) is 95.6 Å². The maximum Gasteiger partial charge on any atom is 0.255 e. The van der Waals surface area contributed by atoms with E-state index in [1.165, 1.54) is 4.90 Å². The van der Waals surface area contributed by atoms with Crippen LogP contribution in [0, 0.1) is 0 Å². The van der Waals surface area contributed by atoms with E-state index in [9.17, 15) is 19.2 Å². The molecule has 4 rings (SSSR count). The van der Waals surface area contributed by atoms with Crippen LogP contribution < -0.4 is 10.6 Å². The zero-order chi connectivity index (χ0) is 20.4. The molecule has 1 aliphatic heterocycles. The van der Waals surface area contributed by atoms with Crippen LogP contribution in [0.5, 0.6) is 0 Å². The molecule has 2 aromatic carbocycles. The summed E-state index contributed by atoms with van der Waals surface area (Å²) in [6, 6.07) is 13.8. The second-order valence-corrected chi connectivity index (χ2v) is 7.32. The Labute approximate surface area is 168 Å². The van der Waals surface area contributed by atoms with Crippen molar-refractivity contribution in [3.05, 3.63) is 65.2 Å². The first-order valence-corrected chi connectivity index (χ1v) is 9.64. The van der Waals surface area contributed by atoms with E-state index in [4.69, 9.17) is 0 Å². The quantitative estimate of drug-likeness (QED) is 0.740. The lowest BCUT2D eigenvalue weighted by molar-refractivity contribution is -0.139. The van der Waals surface area contributed by atoms with E-state index in [0.29, 0.717) is 16.8 Å². The molecule has 7 heteroatoms. The molecule has 0 spiro atoms. The fourth-order valence-electron chi connectivity index (χ4n) is 3.22. The van der Waals surface area contributed by atoms with Gasteiger partial charge in [0.05, 0.1) is 17.8 Å². The van der Waals surface area contributed by atoms with Gasteiger partial charge in [0.1, 0.15) is 0 Å². The third kappa shape index (κ3) is 4.34. The van der Waals surface area contributed by atoms with Gasteiger partial charge in [-0.1, -0.05) is 24.3 Å². The second-order valence-electron chi connectivity index (χ2n) is 7.32. The largest absolute Gasteiger partial charge is 0.349 e. The van der Waals surface area contributed by atoms with Gasteiger partial charge < -0.3 is 10.6 Å². The number of rotatable bonds is 6. The van der Waals surface area contributed by atoms with Gasteiger partial charge in [-0.2, -0.15) is 0 Å². The minimum Gasteiger partial charge on any atom is -0.349 e. The molecule has 0 radical (unpaired) electrons. The summed E-state index contributed by atoms with van der Waals surface area (Å²) in [5.74, 6) is -0.869. The number of carbonyl (C=O) groups is 4. The van der Waals surface area contributed by atoms with Gasteiger partial charge in [0.15, 0.2) is 0 Å². The van der Waals surface area contributed by atoms with Crippen molar-refractivity contribution in [1.29, 1.82) is 0 Å². The number of anilines is 1. The Morgan fingerprint density at radius 1 is 0.897 bits per heavy atom. The zero-order valence-electron chi connectivity index (χ0n) is 15.8. The number of likely N-dealkylation sites (tertiary alicyclic amines) is 1. The van der Waals surface area contributed by atoms with E-state index in [1.54, 1.807) is 48.5 Å². The molecule has 2 aromatic rings. The van der Waals surface area contributed by atoms with Crippen molar-refractivity contribution in [2.24, 2.45) is 0 Å². The van der Waals surface area contributed by atoms with Crippen LogP contribution in [0.15, 0.2) is 48.5 Å². The van der Waals surface area contributed by atoms with Crippen molar-refractivity contribution < 1.29 is 19.2 Å². The Hall–Kier alpha value is -3.48. The fraction of sp³-hybridized carbons (Fsp3) is 0.273. The van der Waals surface area contributed by atoms with E-state index in [-0.39, 0.29) is 49.1 Å². The minimum absolute atomic E-state index is 0.169. The summed E-state index contributed by atoms with van der Waals surface area (Å²) in [7, 11) is 0. The molecule has 2 N–H and O–H groups in total. The van der Waals surface area contributed by atoms with Crippen molar-refractivity contribution in [2.75, 3.05) is 5.32 Å². The third-order valence-electron chi connectivity index (χ3n) is 5.04. The maximum atomic E-state index is 12.6. The Balaban J connectivity index is 1.43. The highest BCUT2D eigenvalue weighted by atomic mass is 16.2. The first kappa shape index (κ1) is 18.9. The van der Waals surface area contributed by atoms with Crippen LogP contribution in [-0.4, -0.2) is 34.6 Å². The molecule has 2 aliphatic rings. The monoisotopic (exact) mass is 391 g/mol. The Morgan fingerprint density at radius 2 is 1.55 bits per heavy atom. The van der Waals surface area contributed by atoms with Gasteiger partial charge in [-0.3, -0.25) is 24.1 Å². The van der Waals surface area contributed by atoms with Gasteiger partial charge in [0, 0.05) is 24.4 Å². The van der Waals surface area contributed by atoms with Crippen molar-refractivity contribution >= 4 is 29.3 Å². The van der Waals surface area contributed by atoms with Crippen LogP contribution >= 0.6 is 0 Å². The number of nitrogens with zero attached hydrogens (tertiary/aromatic N) is 1. The molecule has 7 nitrogen and oxygen atoms in total. The first-order chi connectivity index (χ1) is 14.0. The highest BCUT2D eigenvalue weighted by molar-refractivity contribution is 6.09. The third-order valence-corrected chi connectivity index (χ3v) is 5.04. The van der Waals surface area contributed by atoms with Crippen molar-refractivity contribution in [1.82, 2.24) is 10.2 Å². The zero-order valence-corrected chi connectivity index (χ0v) is 15.8. The second kappa shape index (κ2) is 7.87.